The Kier molecular flexibility index (Phi) is 4.02. The monoisotopic (exact) mass is 468 g/mol. The average molecular weight is 469 g/mol. The van der Waals surface area contributed by atoms with Gasteiger partial charge in [-0.1, -0.05) is 48.5 Å². The van der Waals surface area contributed by atoms with Crippen LogP contribution in [0.25, 0.3) is 44.2 Å². The van der Waals surface area contributed by atoms with E-state index < -0.39 is 0 Å². The molecule has 3 heterocycles. The second-order valence-corrected chi connectivity index (χ2v) is 7.80. The summed E-state index contributed by atoms with van der Waals surface area (Å²) in [6.45, 7) is 1.08. The van der Waals surface area contributed by atoms with Gasteiger partial charge >= 0.3 is 0 Å². The van der Waals surface area contributed by atoms with E-state index in [2.05, 4.69) is 77.5 Å². The van der Waals surface area contributed by atoms with Gasteiger partial charge in [-0.25, -0.2) is 4.98 Å². The lowest BCUT2D eigenvalue weighted by atomic mass is 10.0. The van der Waals surface area contributed by atoms with E-state index >= 15 is 0 Å². The molecule has 5 aromatic rings. The molecule has 0 saturated heterocycles. The SMILES string of the molecule is [Br-].c1ccc(C[n+]2ccc3c4c(nc5cc6c(cc53)OCO6)-c3ccccc3-c42)cc1. The van der Waals surface area contributed by atoms with Crippen molar-refractivity contribution in [2.75, 3.05) is 6.79 Å². The van der Waals surface area contributed by atoms with E-state index in [1.54, 1.807) is 0 Å². The van der Waals surface area contributed by atoms with E-state index in [1.807, 2.05) is 6.07 Å². The standard InChI is InChI=1S/C26H17N2O2.BrH/c1-2-6-16(7-3-1)14-28-11-10-17-20-12-22-23(30-15-29-22)13-21(20)27-25-18-8-4-5-9-19(18)26(28)24(17)25;/h1-13H,14-15H2;1H/q+1;/p-1. The van der Waals surface area contributed by atoms with Crippen molar-refractivity contribution in [3.8, 4) is 34.0 Å². The molecule has 5 heteroatoms. The van der Waals surface area contributed by atoms with Crippen LogP contribution in [0.2, 0.25) is 0 Å². The van der Waals surface area contributed by atoms with Crippen molar-refractivity contribution >= 4 is 21.7 Å². The molecule has 0 unspecified atom stereocenters. The van der Waals surface area contributed by atoms with E-state index in [0.717, 1.165) is 34.6 Å². The molecule has 4 nitrogen and oxygen atoms in total. The fraction of sp³-hybridized carbons (Fsp3) is 0.0769. The summed E-state index contributed by atoms with van der Waals surface area (Å²) in [6.07, 6.45) is 2.20. The maximum absolute atomic E-state index is 5.64. The van der Waals surface area contributed by atoms with Crippen LogP contribution in [0.15, 0.2) is 79.0 Å². The number of aromatic nitrogens is 2. The number of hydrogen-bond donors (Lipinski definition) is 0. The van der Waals surface area contributed by atoms with Gasteiger partial charge < -0.3 is 26.5 Å². The van der Waals surface area contributed by atoms with Gasteiger partial charge in [-0.2, -0.15) is 4.57 Å². The van der Waals surface area contributed by atoms with Gasteiger partial charge in [0.15, 0.2) is 24.2 Å². The third kappa shape index (κ3) is 2.60. The van der Waals surface area contributed by atoms with Crippen LogP contribution in [0.4, 0.5) is 0 Å². The van der Waals surface area contributed by atoms with Crippen molar-refractivity contribution in [3.05, 3.63) is 84.6 Å². The van der Waals surface area contributed by atoms with Crippen molar-refractivity contribution in [2.24, 2.45) is 0 Å². The van der Waals surface area contributed by atoms with Crippen molar-refractivity contribution in [2.45, 2.75) is 6.54 Å². The van der Waals surface area contributed by atoms with E-state index in [-0.39, 0.29) is 23.8 Å². The van der Waals surface area contributed by atoms with Crippen molar-refractivity contribution in [1.29, 1.82) is 0 Å². The predicted molar refractivity (Wildman–Crippen MR) is 116 cm³/mol. The first-order chi connectivity index (χ1) is 14.9. The number of fused-ring (bicyclic) bond motifs is 6. The Morgan fingerprint density at radius 3 is 2.39 bits per heavy atom. The van der Waals surface area contributed by atoms with Gasteiger partial charge in [-0.3, -0.25) is 0 Å². The molecular weight excluding hydrogens is 452 g/mol. The molecule has 0 spiro atoms. The zero-order valence-corrected chi connectivity index (χ0v) is 18.1. The van der Waals surface area contributed by atoms with Crippen LogP contribution < -0.4 is 31.0 Å². The quantitative estimate of drug-likeness (QED) is 0.288. The van der Waals surface area contributed by atoms with Gasteiger partial charge in [0.2, 0.25) is 12.5 Å². The Labute approximate surface area is 189 Å². The zero-order chi connectivity index (χ0) is 19.7. The number of pyridine rings is 2. The van der Waals surface area contributed by atoms with E-state index in [4.69, 9.17) is 14.5 Å². The van der Waals surface area contributed by atoms with Crippen LogP contribution in [0.3, 0.4) is 0 Å². The molecular formula is C26H17BrN2O2. The van der Waals surface area contributed by atoms with Crippen LogP contribution in [0.1, 0.15) is 5.56 Å². The molecule has 1 aliphatic carbocycles. The third-order valence-corrected chi connectivity index (χ3v) is 6.10. The molecule has 0 fully saturated rings. The lowest BCUT2D eigenvalue weighted by Gasteiger charge is -2.08. The number of rotatable bonds is 2. The number of hydrogen-bond acceptors (Lipinski definition) is 3. The van der Waals surface area contributed by atoms with E-state index in [9.17, 15) is 0 Å². The Hall–Kier alpha value is -3.44. The molecule has 0 bridgehead atoms. The molecule has 0 radical (unpaired) electrons. The smallest absolute Gasteiger partial charge is 0.231 e. The largest absolute Gasteiger partial charge is 1.00 e. The minimum absolute atomic E-state index is 0. The van der Waals surface area contributed by atoms with Crippen molar-refractivity contribution in [3.63, 3.8) is 0 Å². The van der Waals surface area contributed by atoms with Crippen LogP contribution in [0.5, 0.6) is 11.5 Å². The van der Waals surface area contributed by atoms with Gasteiger partial charge in [0.25, 0.3) is 0 Å². The summed E-state index contributed by atoms with van der Waals surface area (Å²) >= 11 is 0. The summed E-state index contributed by atoms with van der Waals surface area (Å²) in [7, 11) is 0. The summed E-state index contributed by atoms with van der Waals surface area (Å²) in [4.78, 5) is 5.09. The second-order valence-electron chi connectivity index (χ2n) is 7.80. The van der Waals surface area contributed by atoms with Crippen molar-refractivity contribution < 1.29 is 31.0 Å². The molecule has 2 aromatic heterocycles. The maximum Gasteiger partial charge on any atom is 0.231 e. The van der Waals surface area contributed by atoms with Crippen molar-refractivity contribution in [1.82, 2.24) is 4.98 Å². The summed E-state index contributed by atoms with van der Waals surface area (Å²) in [5.41, 5.74) is 6.91. The highest BCUT2D eigenvalue weighted by Gasteiger charge is 2.32. The Bertz CT molecular complexity index is 1500. The number of ether oxygens (including phenoxy) is 2. The Balaban J connectivity index is 0.00000185. The predicted octanol–water partition coefficient (Wildman–Crippen LogP) is 2.10. The lowest BCUT2D eigenvalue weighted by Crippen LogP contribution is -3.00. The van der Waals surface area contributed by atoms with Crippen LogP contribution in [-0.2, 0) is 6.54 Å². The fourth-order valence-electron chi connectivity index (χ4n) is 4.77. The molecule has 2 aliphatic rings. The number of nitrogens with zero attached hydrogens (tertiary/aromatic N) is 2. The minimum atomic E-state index is 0. The molecule has 0 saturated carbocycles. The van der Waals surface area contributed by atoms with Gasteiger partial charge in [0.1, 0.15) is 0 Å². The Morgan fingerprint density at radius 2 is 1.55 bits per heavy atom. The molecule has 3 aromatic carbocycles. The highest BCUT2D eigenvalue weighted by molar-refractivity contribution is 6.19. The first-order valence-electron chi connectivity index (χ1n) is 10.1. The molecule has 1 aliphatic heterocycles. The normalized spacial score (nSPS) is 12.8. The molecule has 31 heavy (non-hydrogen) atoms. The van der Waals surface area contributed by atoms with Crippen LogP contribution >= 0.6 is 0 Å². The lowest BCUT2D eigenvalue weighted by molar-refractivity contribution is -0.676. The summed E-state index contributed by atoms with van der Waals surface area (Å²) in [6, 6.07) is 25.4. The van der Waals surface area contributed by atoms with Gasteiger partial charge in [-0.05, 0) is 12.1 Å². The summed E-state index contributed by atoms with van der Waals surface area (Å²) < 4.78 is 13.6. The number of halogens is 1. The highest BCUT2D eigenvalue weighted by Crippen LogP contribution is 2.47. The molecule has 0 atom stereocenters. The summed E-state index contributed by atoms with van der Waals surface area (Å²) in [5.74, 6) is 1.56. The zero-order valence-electron chi connectivity index (χ0n) is 16.5. The Morgan fingerprint density at radius 1 is 0.806 bits per heavy atom. The van der Waals surface area contributed by atoms with Gasteiger partial charge in [0.05, 0.1) is 22.2 Å². The topological polar surface area (TPSA) is 35.2 Å². The minimum Gasteiger partial charge on any atom is -1.00 e. The third-order valence-electron chi connectivity index (χ3n) is 6.10. The molecule has 0 N–H and O–H groups in total. The molecule has 0 amide bonds. The molecule has 7 rings (SSSR count). The van der Waals surface area contributed by atoms with E-state index in [1.165, 1.54) is 33.2 Å². The first-order valence-corrected chi connectivity index (χ1v) is 10.1. The average Bonchev–Trinajstić information content (AvgIpc) is 3.38. The highest BCUT2D eigenvalue weighted by atomic mass is 79.9. The summed E-state index contributed by atoms with van der Waals surface area (Å²) in [5, 5.41) is 3.50. The number of benzene rings is 3. The maximum atomic E-state index is 5.64. The fourth-order valence-corrected chi connectivity index (χ4v) is 4.77. The van der Waals surface area contributed by atoms with Gasteiger partial charge in [-0.15, -0.1) is 0 Å². The van der Waals surface area contributed by atoms with Gasteiger partial charge in [0, 0.05) is 34.0 Å². The first kappa shape index (κ1) is 18.3. The van der Waals surface area contributed by atoms with Crippen LogP contribution in [-0.4, -0.2) is 11.8 Å². The second kappa shape index (κ2) is 6.79. The van der Waals surface area contributed by atoms with E-state index in [0.29, 0.717) is 0 Å². The van der Waals surface area contributed by atoms with Crippen LogP contribution in [0, 0.1) is 0 Å². The molecule has 150 valence electrons.